The fourth-order valence-electron chi connectivity index (χ4n) is 5.84. The Morgan fingerprint density at radius 2 is 1.77 bits per heavy atom. The molecule has 6 rings (SSSR count). The van der Waals surface area contributed by atoms with Gasteiger partial charge >= 0.3 is 0 Å². The van der Waals surface area contributed by atoms with Gasteiger partial charge in [0.15, 0.2) is 0 Å². The molecule has 4 aromatic rings. The number of likely N-dealkylation sites (tertiary alicyclic amines) is 1. The van der Waals surface area contributed by atoms with E-state index in [2.05, 4.69) is 60.6 Å². The molecular formula is C30H30BrCl2N5O. The highest BCUT2D eigenvalue weighted by Crippen LogP contribution is 2.31. The van der Waals surface area contributed by atoms with E-state index in [1.807, 2.05) is 35.2 Å². The van der Waals surface area contributed by atoms with Crippen LogP contribution >= 0.6 is 39.1 Å². The Labute approximate surface area is 247 Å². The van der Waals surface area contributed by atoms with E-state index in [0.29, 0.717) is 29.7 Å². The van der Waals surface area contributed by atoms with Gasteiger partial charge in [-0.05, 0) is 67.9 Å². The number of amides is 1. The number of nitrogens with zero attached hydrogens (tertiary/aromatic N) is 5. The summed E-state index contributed by atoms with van der Waals surface area (Å²) in [4.78, 5) is 25.2. The SMILES string of the molecule is O=C([C@@H]1CCCN(Cc2nc3ccccc3n2-c2cccc(Br)c2)C1)N1CCN(c2cc(Cl)ccc2Cl)CC1. The maximum Gasteiger partial charge on any atom is 0.227 e. The highest BCUT2D eigenvalue weighted by atomic mass is 79.9. The van der Waals surface area contributed by atoms with Gasteiger partial charge in [0, 0.05) is 47.9 Å². The first kappa shape index (κ1) is 26.6. The molecule has 0 aliphatic carbocycles. The third-order valence-corrected chi connectivity index (χ3v) is 8.80. The standard InChI is InChI=1S/C30H30BrCl2N5O/c31-22-6-3-7-24(17-22)38-27-9-2-1-8-26(27)34-29(38)20-35-12-4-5-21(19-35)30(39)37-15-13-36(14-16-37)28-18-23(32)10-11-25(28)33/h1-3,6-11,17-18,21H,4-5,12-16,19-20H2/t21-/m1/s1. The van der Waals surface area contributed by atoms with Gasteiger partial charge in [-0.2, -0.15) is 0 Å². The molecule has 3 aromatic carbocycles. The molecule has 2 aliphatic heterocycles. The van der Waals surface area contributed by atoms with Gasteiger partial charge in [-0.15, -0.1) is 0 Å². The highest BCUT2D eigenvalue weighted by molar-refractivity contribution is 9.10. The van der Waals surface area contributed by atoms with E-state index in [4.69, 9.17) is 28.2 Å². The third-order valence-electron chi connectivity index (χ3n) is 7.76. The monoisotopic (exact) mass is 625 g/mol. The first-order chi connectivity index (χ1) is 19.0. The second kappa shape index (κ2) is 11.5. The van der Waals surface area contributed by atoms with Crippen molar-refractivity contribution in [2.75, 3.05) is 44.2 Å². The molecular weight excluding hydrogens is 597 g/mol. The molecule has 2 aliphatic rings. The van der Waals surface area contributed by atoms with Gasteiger partial charge in [-0.1, -0.05) is 57.3 Å². The molecule has 1 amide bonds. The molecule has 0 unspecified atom stereocenters. The third kappa shape index (κ3) is 5.68. The van der Waals surface area contributed by atoms with Crippen molar-refractivity contribution in [2.24, 2.45) is 5.92 Å². The summed E-state index contributed by atoms with van der Waals surface area (Å²) in [6, 6.07) is 22.1. The molecule has 2 fully saturated rings. The highest BCUT2D eigenvalue weighted by Gasteiger charge is 2.32. The van der Waals surface area contributed by atoms with Crippen LogP contribution in [-0.2, 0) is 11.3 Å². The van der Waals surface area contributed by atoms with E-state index >= 15 is 0 Å². The lowest BCUT2D eigenvalue weighted by molar-refractivity contribution is -0.137. The van der Waals surface area contributed by atoms with Crippen LogP contribution in [0.15, 0.2) is 71.2 Å². The average molecular weight is 627 g/mol. The first-order valence-corrected chi connectivity index (χ1v) is 14.9. The number of hydrogen-bond donors (Lipinski definition) is 0. The predicted molar refractivity (Wildman–Crippen MR) is 162 cm³/mol. The second-order valence-corrected chi connectivity index (χ2v) is 12.1. The Balaban J connectivity index is 1.14. The second-order valence-electron chi connectivity index (χ2n) is 10.3. The van der Waals surface area contributed by atoms with Crippen molar-refractivity contribution in [1.82, 2.24) is 19.4 Å². The van der Waals surface area contributed by atoms with Crippen LogP contribution in [0.25, 0.3) is 16.7 Å². The molecule has 1 atom stereocenters. The molecule has 39 heavy (non-hydrogen) atoms. The average Bonchev–Trinajstić information content (AvgIpc) is 3.32. The number of piperazine rings is 1. The fraction of sp³-hybridized carbons (Fsp3) is 0.333. The van der Waals surface area contributed by atoms with E-state index in [0.717, 1.165) is 71.7 Å². The number of rotatable bonds is 5. The van der Waals surface area contributed by atoms with E-state index in [-0.39, 0.29) is 11.8 Å². The van der Waals surface area contributed by atoms with Gasteiger partial charge < -0.3 is 9.80 Å². The number of aromatic nitrogens is 2. The molecule has 0 spiro atoms. The summed E-state index contributed by atoms with van der Waals surface area (Å²) in [6.07, 6.45) is 1.93. The van der Waals surface area contributed by atoms with Crippen LogP contribution in [-0.4, -0.2) is 64.5 Å². The smallest absolute Gasteiger partial charge is 0.227 e. The number of piperidine rings is 1. The number of fused-ring (bicyclic) bond motifs is 1. The van der Waals surface area contributed by atoms with Crippen molar-refractivity contribution < 1.29 is 4.79 Å². The Hall–Kier alpha value is -2.58. The van der Waals surface area contributed by atoms with Gasteiger partial charge in [-0.3, -0.25) is 14.3 Å². The lowest BCUT2D eigenvalue weighted by Crippen LogP contribution is -2.52. The molecule has 6 nitrogen and oxygen atoms in total. The zero-order chi connectivity index (χ0) is 26.9. The minimum absolute atomic E-state index is 0.00348. The number of benzene rings is 3. The molecule has 0 radical (unpaired) electrons. The van der Waals surface area contributed by atoms with E-state index in [1.54, 1.807) is 6.07 Å². The summed E-state index contributed by atoms with van der Waals surface area (Å²) < 4.78 is 3.27. The number of para-hydroxylation sites is 2. The topological polar surface area (TPSA) is 44.6 Å². The van der Waals surface area contributed by atoms with Gasteiger partial charge in [0.05, 0.1) is 34.2 Å². The van der Waals surface area contributed by atoms with Gasteiger partial charge in [-0.25, -0.2) is 4.98 Å². The van der Waals surface area contributed by atoms with E-state index in [1.165, 1.54) is 0 Å². The van der Waals surface area contributed by atoms with Crippen molar-refractivity contribution in [1.29, 1.82) is 0 Å². The Morgan fingerprint density at radius 3 is 2.59 bits per heavy atom. The number of halogens is 3. The Bertz CT molecular complexity index is 1500. The molecule has 1 aromatic heterocycles. The van der Waals surface area contributed by atoms with Crippen molar-refractivity contribution in [3.8, 4) is 5.69 Å². The van der Waals surface area contributed by atoms with Crippen LogP contribution in [0.1, 0.15) is 18.7 Å². The van der Waals surface area contributed by atoms with E-state index < -0.39 is 0 Å². The van der Waals surface area contributed by atoms with E-state index in [9.17, 15) is 4.79 Å². The first-order valence-electron chi connectivity index (χ1n) is 13.4. The van der Waals surface area contributed by atoms with Crippen molar-refractivity contribution in [3.63, 3.8) is 0 Å². The number of anilines is 1. The Morgan fingerprint density at radius 1 is 0.949 bits per heavy atom. The van der Waals surface area contributed by atoms with Crippen LogP contribution in [0.2, 0.25) is 10.0 Å². The van der Waals surface area contributed by atoms with Crippen LogP contribution in [0.4, 0.5) is 5.69 Å². The van der Waals surface area contributed by atoms with Crippen LogP contribution < -0.4 is 4.90 Å². The summed E-state index contributed by atoms with van der Waals surface area (Å²) in [6.45, 7) is 5.30. The maximum absolute atomic E-state index is 13.6. The fourth-order valence-corrected chi connectivity index (χ4v) is 6.63. The maximum atomic E-state index is 13.6. The summed E-state index contributed by atoms with van der Waals surface area (Å²) in [7, 11) is 0. The zero-order valence-corrected chi connectivity index (χ0v) is 24.7. The summed E-state index contributed by atoms with van der Waals surface area (Å²) in [5, 5.41) is 1.36. The number of carbonyl (C=O) groups is 1. The van der Waals surface area contributed by atoms with Crippen LogP contribution in [0, 0.1) is 5.92 Å². The van der Waals surface area contributed by atoms with Crippen LogP contribution in [0.5, 0.6) is 0 Å². The molecule has 3 heterocycles. The van der Waals surface area contributed by atoms with Gasteiger partial charge in [0.1, 0.15) is 5.82 Å². The summed E-state index contributed by atoms with van der Waals surface area (Å²) >= 11 is 16.2. The quantitative estimate of drug-likeness (QED) is 0.249. The lowest BCUT2D eigenvalue weighted by atomic mass is 9.96. The summed E-state index contributed by atoms with van der Waals surface area (Å²) in [5.74, 6) is 1.26. The molecule has 9 heteroatoms. The zero-order valence-electron chi connectivity index (χ0n) is 21.6. The molecule has 0 saturated carbocycles. The van der Waals surface area contributed by atoms with Gasteiger partial charge in [0.2, 0.25) is 5.91 Å². The predicted octanol–water partition coefficient (Wildman–Crippen LogP) is 6.66. The summed E-state index contributed by atoms with van der Waals surface area (Å²) in [5.41, 5.74) is 4.09. The molecule has 0 bridgehead atoms. The van der Waals surface area contributed by atoms with Gasteiger partial charge in [0.25, 0.3) is 0 Å². The lowest BCUT2D eigenvalue weighted by Gasteiger charge is -2.40. The normalized spacial score (nSPS) is 18.6. The molecule has 0 N–H and O–H groups in total. The number of imidazole rings is 1. The van der Waals surface area contributed by atoms with Crippen molar-refractivity contribution in [2.45, 2.75) is 19.4 Å². The largest absolute Gasteiger partial charge is 0.367 e. The van der Waals surface area contributed by atoms with Crippen LogP contribution in [0.3, 0.4) is 0 Å². The minimum atomic E-state index is 0.00348. The Kier molecular flexibility index (Phi) is 7.85. The number of carbonyl (C=O) groups excluding carboxylic acids is 1. The van der Waals surface area contributed by atoms with Crippen molar-refractivity contribution in [3.05, 3.63) is 87.1 Å². The minimum Gasteiger partial charge on any atom is -0.367 e. The molecule has 202 valence electrons. The molecule has 2 saturated heterocycles. The van der Waals surface area contributed by atoms with Crippen molar-refractivity contribution >= 4 is 61.8 Å². The number of hydrogen-bond acceptors (Lipinski definition) is 4.